The minimum Gasteiger partial charge on any atom is -0.394 e. The minimum atomic E-state index is -1.21. The summed E-state index contributed by atoms with van der Waals surface area (Å²) >= 11 is 5.05. The zero-order valence-electron chi connectivity index (χ0n) is 10.2. The van der Waals surface area contributed by atoms with Crippen LogP contribution < -0.4 is 5.73 Å². The Kier molecular flexibility index (Phi) is 3.18. The fourth-order valence-electron chi connectivity index (χ4n) is 2.26. The standard InChI is InChI=1S/C10H13N5O4S/c11-10-13-7-4(8(20)14-10)12-2-15(7)9-6(18)5(17)3(1-16)19-9/h2-3,5-6,9,16-18H,1H2,(H3,11,13,14,20)/t3?,5?,6?,9-/m1/s1. The maximum atomic E-state index is 10.0. The van der Waals surface area contributed by atoms with Crippen molar-refractivity contribution in [3.63, 3.8) is 0 Å². The van der Waals surface area contributed by atoms with Gasteiger partial charge in [0.25, 0.3) is 0 Å². The predicted molar refractivity (Wildman–Crippen MR) is 70.1 cm³/mol. The van der Waals surface area contributed by atoms with Gasteiger partial charge < -0.3 is 30.8 Å². The summed E-state index contributed by atoms with van der Waals surface area (Å²) in [5.74, 6) is 0.107. The Bertz CT molecular complexity index is 701. The summed E-state index contributed by atoms with van der Waals surface area (Å²) in [6.07, 6.45) is -2.77. The zero-order valence-corrected chi connectivity index (χ0v) is 11.0. The van der Waals surface area contributed by atoms with Crippen molar-refractivity contribution in [1.82, 2.24) is 19.5 Å². The molecule has 0 aromatic carbocycles. The average Bonchev–Trinajstić information content (AvgIpc) is 2.93. The molecule has 9 nitrogen and oxygen atoms in total. The van der Waals surface area contributed by atoms with Crippen LogP contribution in [-0.2, 0) is 4.74 Å². The molecule has 3 rings (SSSR count). The van der Waals surface area contributed by atoms with Crippen LogP contribution in [0, 0.1) is 4.64 Å². The molecule has 0 radical (unpaired) electrons. The molecule has 3 unspecified atom stereocenters. The summed E-state index contributed by atoms with van der Waals surface area (Å²) in [4.78, 5) is 10.8. The van der Waals surface area contributed by atoms with E-state index in [1.807, 2.05) is 0 Å². The van der Waals surface area contributed by atoms with Gasteiger partial charge in [-0.25, -0.2) is 9.97 Å². The third-order valence-electron chi connectivity index (χ3n) is 3.26. The second-order valence-corrected chi connectivity index (χ2v) is 4.89. The molecule has 0 spiro atoms. The summed E-state index contributed by atoms with van der Waals surface area (Å²) in [5.41, 5.74) is 6.44. The highest BCUT2D eigenvalue weighted by atomic mass is 32.1. The monoisotopic (exact) mass is 299 g/mol. The lowest BCUT2D eigenvalue weighted by Gasteiger charge is -2.16. The number of nitrogens with zero attached hydrogens (tertiary/aromatic N) is 3. The third-order valence-corrected chi connectivity index (χ3v) is 3.54. The fourth-order valence-corrected chi connectivity index (χ4v) is 2.50. The molecule has 3 heterocycles. The number of ether oxygens (including phenoxy) is 1. The largest absolute Gasteiger partial charge is 0.394 e. The molecule has 0 bridgehead atoms. The fraction of sp³-hybridized carbons (Fsp3) is 0.500. The van der Waals surface area contributed by atoms with Crippen LogP contribution in [0.2, 0.25) is 0 Å². The molecule has 0 saturated carbocycles. The van der Waals surface area contributed by atoms with Crippen LogP contribution in [0.1, 0.15) is 6.23 Å². The van der Waals surface area contributed by atoms with E-state index in [0.717, 1.165) is 0 Å². The van der Waals surface area contributed by atoms with Gasteiger partial charge >= 0.3 is 0 Å². The number of aromatic amines is 1. The molecule has 20 heavy (non-hydrogen) atoms. The maximum absolute atomic E-state index is 10.0. The normalized spacial score (nSPS) is 30.1. The van der Waals surface area contributed by atoms with Crippen molar-refractivity contribution in [2.45, 2.75) is 24.5 Å². The van der Waals surface area contributed by atoms with E-state index in [9.17, 15) is 10.2 Å². The van der Waals surface area contributed by atoms with Gasteiger partial charge in [0.2, 0.25) is 0 Å². The van der Waals surface area contributed by atoms with Gasteiger partial charge in [0.15, 0.2) is 16.8 Å². The number of aromatic nitrogens is 4. The van der Waals surface area contributed by atoms with Crippen molar-refractivity contribution in [2.75, 3.05) is 12.3 Å². The molecule has 108 valence electrons. The van der Waals surface area contributed by atoms with Crippen molar-refractivity contribution in [3.8, 4) is 0 Å². The average molecular weight is 299 g/mol. The maximum Gasteiger partial charge on any atom is 0.200 e. The molecule has 1 fully saturated rings. The van der Waals surface area contributed by atoms with E-state index in [4.69, 9.17) is 27.8 Å². The second kappa shape index (κ2) is 4.75. The minimum absolute atomic E-state index is 0.107. The molecule has 2 aromatic heterocycles. The summed E-state index contributed by atoms with van der Waals surface area (Å²) in [5, 5.41) is 28.9. The molecule has 6 N–H and O–H groups in total. The lowest BCUT2D eigenvalue weighted by atomic mass is 10.1. The number of nitrogen functional groups attached to an aromatic ring is 1. The molecule has 1 saturated heterocycles. The Balaban J connectivity index is 2.09. The number of hydrogen-bond donors (Lipinski definition) is 5. The first-order valence-electron chi connectivity index (χ1n) is 5.87. The highest BCUT2D eigenvalue weighted by Gasteiger charge is 2.43. The number of hydrogen-bond acceptors (Lipinski definition) is 8. The molecule has 0 amide bonds. The van der Waals surface area contributed by atoms with Gasteiger partial charge in [0.05, 0.1) is 12.9 Å². The summed E-state index contributed by atoms with van der Waals surface area (Å²) < 4.78 is 7.11. The van der Waals surface area contributed by atoms with Crippen molar-refractivity contribution >= 4 is 29.3 Å². The van der Waals surface area contributed by atoms with Gasteiger partial charge in [-0.2, -0.15) is 0 Å². The van der Waals surface area contributed by atoms with Crippen LogP contribution in [0.15, 0.2) is 6.33 Å². The quantitative estimate of drug-likeness (QED) is 0.430. The Labute approximate surface area is 117 Å². The summed E-state index contributed by atoms with van der Waals surface area (Å²) in [6, 6.07) is 0. The van der Waals surface area contributed by atoms with E-state index in [1.54, 1.807) is 0 Å². The lowest BCUT2D eigenvalue weighted by Crippen LogP contribution is -2.33. The second-order valence-electron chi connectivity index (χ2n) is 4.51. The predicted octanol–water partition coefficient (Wildman–Crippen LogP) is -1.32. The highest BCUT2D eigenvalue weighted by molar-refractivity contribution is 7.71. The highest BCUT2D eigenvalue weighted by Crippen LogP contribution is 2.31. The van der Waals surface area contributed by atoms with E-state index in [0.29, 0.717) is 11.2 Å². The number of nitrogens with two attached hydrogens (primary N) is 1. The molecule has 1 aliphatic heterocycles. The molecule has 2 aromatic rings. The number of aliphatic hydroxyl groups excluding tert-OH is 3. The van der Waals surface area contributed by atoms with E-state index in [2.05, 4.69) is 15.0 Å². The first kappa shape index (κ1) is 13.4. The smallest absolute Gasteiger partial charge is 0.200 e. The van der Waals surface area contributed by atoms with Gasteiger partial charge in [0.1, 0.15) is 29.5 Å². The molecular formula is C10H13N5O4S. The van der Waals surface area contributed by atoms with E-state index in [1.165, 1.54) is 10.9 Å². The topological polar surface area (TPSA) is 142 Å². The van der Waals surface area contributed by atoms with E-state index in [-0.39, 0.29) is 10.6 Å². The zero-order chi connectivity index (χ0) is 14.4. The molecule has 4 atom stereocenters. The van der Waals surface area contributed by atoms with Crippen LogP contribution in [0.3, 0.4) is 0 Å². The SMILES string of the molecule is Nc1nc(=S)c2ncn([C@@H]3OC(CO)C(O)C3O)c2[nH]1. The molecule has 10 heteroatoms. The van der Waals surface area contributed by atoms with Crippen LogP contribution in [0.4, 0.5) is 5.95 Å². The van der Waals surface area contributed by atoms with Crippen molar-refractivity contribution in [2.24, 2.45) is 0 Å². The van der Waals surface area contributed by atoms with Crippen molar-refractivity contribution in [1.29, 1.82) is 0 Å². The number of rotatable bonds is 2. The van der Waals surface area contributed by atoms with Crippen LogP contribution >= 0.6 is 12.2 Å². The van der Waals surface area contributed by atoms with Crippen molar-refractivity contribution in [3.05, 3.63) is 11.0 Å². The Morgan fingerprint density at radius 3 is 2.85 bits per heavy atom. The van der Waals surface area contributed by atoms with Gasteiger partial charge in [-0.3, -0.25) is 4.57 Å². The van der Waals surface area contributed by atoms with Gasteiger partial charge in [0, 0.05) is 0 Å². The van der Waals surface area contributed by atoms with Crippen LogP contribution in [0.25, 0.3) is 11.2 Å². The van der Waals surface area contributed by atoms with Crippen LogP contribution in [0.5, 0.6) is 0 Å². The first-order valence-corrected chi connectivity index (χ1v) is 6.28. The molecule has 0 aliphatic carbocycles. The van der Waals surface area contributed by atoms with E-state index >= 15 is 0 Å². The Hall–Kier alpha value is -1.59. The molecule has 1 aliphatic rings. The number of aliphatic hydroxyl groups is 3. The Morgan fingerprint density at radius 2 is 2.20 bits per heavy atom. The number of H-pyrrole nitrogens is 1. The van der Waals surface area contributed by atoms with Gasteiger partial charge in [-0.1, -0.05) is 12.2 Å². The number of fused-ring (bicyclic) bond motifs is 1. The Morgan fingerprint density at radius 1 is 1.45 bits per heavy atom. The lowest BCUT2D eigenvalue weighted by molar-refractivity contribution is -0.0511. The van der Waals surface area contributed by atoms with Gasteiger partial charge in [-0.15, -0.1) is 0 Å². The number of anilines is 1. The third kappa shape index (κ3) is 1.89. The summed E-state index contributed by atoms with van der Waals surface area (Å²) in [7, 11) is 0. The molecular weight excluding hydrogens is 286 g/mol. The van der Waals surface area contributed by atoms with E-state index < -0.39 is 31.1 Å². The first-order chi connectivity index (χ1) is 9.52. The van der Waals surface area contributed by atoms with Crippen molar-refractivity contribution < 1.29 is 20.1 Å². The summed E-state index contributed by atoms with van der Waals surface area (Å²) in [6.45, 7) is -0.402. The number of imidazole rings is 1. The van der Waals surface area contributed by atoms with Gasteiger partial charge in [-0.05, 0) is 0 Å². The van der Waals surface area contributed by atoms with Crippen LogP contribution in [-0.4, -0.2) is 59.8 Å². The number of nitrogens with one attached hydrogen (secondary N) is 1.